The molecule has 0 atom stereocenters. The Bertz CT molecular complexity index is 835. The zero-order valence-electron chi connectivity index (χ0n) is 17.8. The fourth-order valence-corrected chi connectivity index (χ4v) is 4.57. The van der Waals surface area contributed by atoms with Crippen LogP contribution in [0, 0.1) is 0 Å². The highest BCUT2D eigenvalue weighted by molar-refractivity contribution is 6.41. The third-order valence-corrected chi connectivity index (χ3v) is 6.35. The number of benzene rings is 1. The molecule has 0 unspecified atom stereocenters. The molecule has 0 aromatic heterocycles. The van der Waals surface area contributed by atoms with Gasteiger partial charge >= 0.3 is 0 Å². The van der Waals surface area contributed by atoms with Crippen LogP contribution in [0.2, 0.25) is 10.0 Å². The van der Waals surface area contributed by atoms with Crippen LogP contribution in [0.4, 0.5) is 0 Å². The molecule has 30 heavy (non-hydrogen) atoms. The molecular weight excluding hydrogens is 425 g/mol. The number of nitrogens with zero attached hydrogens (tertiary/aromatic N) is 3. The topological polar surface area (TPSA) is 53.1 Å². The van der Waals surface area contributed by atoms with Gasteiger partial charge in [0, 0.05) is 43.4 Å². The van der Waals surface area contributed by atoms with E-state index >= 15 is 0 Å². The first-order chi connectivity index (χ1) is 14.3. The number of likely N-dealkylation sites (tertiary alicyclic amines) is 1. The van der Waals surface area contributed by atoms with E-state index in [2.05, 4.69) is 11.9 Å². The molecule has 1 saturated heterocycles. The number of hydrogen-bond acceptors (Lipinski definition) is 5. The van der Waals surface area contributed by atoms with E-state index in [4.69, 9.17) is 27.9 Å². The van der Waals surface area contributed by atoms with Gasteiger partial charge in [0.25, 0.3) is 11.8 Å². The molecule has 6 nitrogen and oxygen atoms in total. The van der Waals surface area contributed by atoms with Crippen molar-refractivity contribution in [3.63, 3.8) is 0 Å². The molecule has 2 aliphatic rings. The number of piperidine rings is 1. The Morgan fingerprint density at radius 2 is 1.87 bits per heavy atom. The number of halogens is 2. The summed E-state index contributed by atoms with van der Waals surface area (Å²) in [6.45, 7) is 5.26. The second kappa shape index (κ2) is 10.1. The standard InChI is InChI=1S/C22H29Cl2N3O3/c1-4-30-13-5-10-27-21(28)19(17-7-6-15(23)14-18(17)24)20(22(27)29)26(3)16-8-11-25(2)12-9-16/h6-7,14,16H,4-5,8-13H2,1-3H3. The molecule has 0 radical (unpaired) electrons. The van der Waals surface area contributed by atoms with Crippen LogP contribution in [0.3, 0.4) is 0 Å². The number of ether oxygens (including phenoxy) is 1. The lowest BCUT2D eigenvalue weighted by atomic mass is 10.00. The molecule has 0 N–H and O–H groups in total. The average molecular weight is 454 g/mol. The number of imide groups is 1. The highest BCUT2D eigenvalue weighted by Crippen LogP contribution is 2.37. The van der Waals surface area contributed by atoms with E-state index in [-0.39, 0.29) is 17.9 Å². The molecule has 1 aromatic rings. The Balaban J connectivity index is 1.95. The summed E-state index contributed by atoms with van der Waals surface area (Å²) in [6.07, 6.45) is 2.46. The number of carbonyl (C=O) groups is 2. The van der Waals surface area contributed by atoms with Crippen molar-refractivity contribution in [3.8, 4) is 0 Å². The predicted octanol–water partition coefficient (Wildman–Crippen LogP) is 3.53. The van der Waals surface area contributed by atoms with Gasteiger partial charge in [0.05, 0.1) is 10.6 Å². The van der Waals surface area contributed by atoms with Crippen molar-refractivity contribution in [1.82, 2.24) is 14.7 Å². The van der Waals surface area contributed by atoms with E-state index < -0.39 is 0 Å². The van der Waals surface area contributed by atoms with Gasteiger partial charge in [-0.05, 0) is 58.5 Å². The number of hydrogen-bond donors (Lipinski definition) is 0. The molecular formula is C22H29Cl2N3O3. The Hall–Kier alpha value is -1.60. The Labute approximate surface area is 188 Å². The second-order valence-electron chi connectivity index (χ2n) is 7.81. The van der Waals surface area contributed by atoms with Gasteiger partial charge in [-0.15, -0.1) is 0 Å². The van der Waals surface area contributed by atoms with Gasteiger partial charge in [-0.3, -0.25) is 14.5 Å². The highest BCUT2D eigenvalue weighted by Gasteiger charge is 2.42. The zero-order valence-corrected chi connectivity index (χ0v) is 19.3. The molecule has 164 valence electrons. The van der Waals surface area contributed by atoms with Crippen LogP contribution in [0.5, 0.6) is 0 Å². The van der Waals surface area contributed by atoms with Gasteiger partial charge in [-0.25, -0.2) is 0 Å². The minimum absolute atomic E-state index is 0.192. The van der Waals surface area contributed by atoms with E-state index in [1.165, 1.54) is 4.90 Å². The van der Waals surface area contributed by atoms with Crippen molar-refractivity contribution in [2.24, 2.45) is 0 Å². The number of rotatable bonds is 8. The first-order valence-corrected chi connectivity index (χ1v) is 11.2. The van der Waals surface area contributed by atoms with Crippen LogP contribution < -0.4 is 0 Å². The van der Waals surface area contributed by atoms with E-state index in [0.29, 0.717) is 53.1 Å². The van der Waals surface area contributed by atoms with Crippen LogP contribution in [0.15, 0.2) is 23.9 Å². The largest absolute Gasteiger partial charge is 0.382 e. The van der Waals surface area contributed by atoms with Crippen LogP contribution in [-0.2, 0) is 14.3 Å². The summed E-state index contributed by atoms with van der Waals surface area (Å²) < 4.78 is 5.37. The van der Waals surface area contributed by atoms with Crippen molar-refractivity contribution < 1.29 is 14.3 Å². The lowest BCUT2D eigenvalue weighted by molar-refractivity contribution is -0.137. The van der Waals surface area contributed by atoms with Crippen LogP contribution in [0.1, 0.15) is 31.7 Å². The maximum Gasteiger partial charge on any atom is 0.277 e. The van der Waals surface area contributed by atoms with Gasteiger partial charge in [-0.1, -0.05) is 29.3 Å². The monoisotopic (exact) mass is 453 g/mol. The average Bonchev–Trinajstić information content (AvgIpc) is 2.95. The Morgan fingerprint density at radius 3 is 2.50 bits per heavy atom. The summed E-state index contributed by atoms with van der Waals surface area (Å²) in [5.74, 6) is -0.575. The molecule has 2 heterocycles. The fourth-order valence-electron chi connectivity index (χ4n) is 4.06. The van der Waals surface area contributed by atoms with E-state index in [0.717, 1.165) is 25.9 Å². The highest BCUT2D eigenvalue weighted by atomic mass is 35.5. The lowest BCUT2D eigenvalue weighted by Crippen LogP contribution is -2.43. The summed E-state index contributed by atoms with van der Waals surface area (Å²) in [6, 6.07) is 5.21. The SMILES string of the molecule is CCOCCCN1C(=O)C(c2ccc(Cl)cc2Cl)=C(N(C)C2CCN(C)CC2)C1=O. The van der Waals surface area contributed by atoms with Crippen molar-refractivity contribution in [1.29, 1.82) is 0 Å². The molecule has 0 saturated carbocycles. The van der Waals surface area contributed by atoms with E-state index in [1.807, 2.05) is 18.9 Å². The van der Waals surface area contributed by atoms with Crippen molar-refractivity contribution in [3.05, 3.63) is 39.5 Å². The molecule has 2 aliphatic heterocycles. The predicted molar refractivity (Wildman–Crippen MR) is 119 cm³/mol. The molecule has 1 aromatic carbocycles. The summed E-state index contributed by atoms with van der Waals surface area (Å²) in [5.41, 5.74) is 1.33. The Kier molecular flexibility index (Phi) is 7.80. The van der Waals surface area contributed by atoms with Gasteiger partial charge in [0.1, 0.15) is 5.70 Å². The van der Waals surface area contributed by atoms with Gasteiger partial charge in [0.15, 0.2) is 0 Å². The molecule has 0 spiro atoms. The smallest absolute Gasteiger partial charge is 0.277 e. The van der Waals surface area contributed by atoms with Crippen LogP contribution in [0.25, 0.3) is 5.57 Å². The summed E-state index contributed by atoms with van der Waals surface area (Å²) in [5, 5.41) is 0.851. The zero-order chi connectivity index (χ0) is 21.8. The van der Waals surface area contributed by atoms with E-state index in [9.17, 15) is 9.59 Å². The lowest BCUT2D eigenvalue weighted by Gasteiger charge is -2.36. The molecule has 0 aliphatic carbocycles. The molecule has 8 heteroatoms. The first-order valence-electron chi connectivity index (χ1n) is 10.4. The van der Waals surface area contributed by atoms with Gasteiger partial charge in [0.2, 0.25) is 0 Å². The molecule has 0 bridgehead atoms. The van der Waals surface area contributed by atoms with Crippen molar-refractivity contribution in [2.75, 3.05) is 46.9 Å². The van der Waals surface area contributed by atoms with Crippen LogP contribution in [-0.4, -0.2) is 79.5 Å². The minimum atomic E-state index is -0.310. The number of amides is 2. The quantitative estimate of drug-likeness (QED) is 0.445. The first kappa shape index (κ1) is 23.1. The number of carbonyl (C=O) groups excluding carboxylic acids is 2. The maximum absolute atomic E-state index is 13.4. The normalized spacial score (nSPS) is 18.6. The van der Waals surface area contributed by atoms with Crippen LogP contribution >= 0.6 is 23.2 Å². The molecule has 2 amide bonds. The minimum Gasteiger partial charge on any atom is -0.382 e. The molecule has 1 fully saturated rings. The summed E-state index contributed by atoms with van der Waals surface area (Å²) in [4.78, 5) is 32.3. The third-order valence-electron chi connectivity index (χ3n) is 5.81. The van der Waals surface area contributed by atoms with Crippen molar-refractivity contribution in [2.45, 2.75) is 32.2 Å². The fraction of sp³-hybridized carbons (Fsp3) is 0.545. The summed E-state index contributed by atoms with van der Waals surface area (Å²) in [7, 11) is 4.00. The maximum atomic E-state index is 13.4. The summed E-state index contributed by atoms with van der Waals surface area (Å²) >= 11 is 12.5. The van der Waals surface area contributed by atoms with Gasteiger partial charge < -0.3 is 14.5 Å². The number of likely N-dealkylation sites (N-methyl/N-ethyl adjacent to an activating group) is 1. The Morgan fingerprint density at radius 1 is 1.17 bits per heavy atom. The van der Waals surface area contributed by atoms with Crippen molar-refractivity contribution >= 4 is 40.6 Å². The van der Waals surface area contributed by atoms with Gasteiger partial charge in [-0.2, -0.15) is 0 Å². The third kappa shape index (κ3) is 4.83. The second-order valence-corrected chi connectivity index (χ2v) is 8.65. The molecule has 3 rings (SSSR count). The van der Waals surface area contributed by atoms with E-state index in [1.54, 1.807) is 18.2 Å².